The summed E-state index contributed by atoms with van der Waals surface area (Å²) in [4.78, 5) is 13.2. The summed E-state index contributed by atoms with van der Waals surface area (Å²) < 4.78 is 2.01. The van der Waals surface area contributed by atoms with Gasteiger partial charge in [-0.15, -0.1) is 0 Å². The smallest absolute Gasteiger partial charge is 0.237 e. The van der Waals surface area contributed by atoms with Crippen LogP contribution in [0, 0.1) is 5.41 Å². The largest absolute Gasteiger partial charge is 0.352 e. The van der Waals surface area contributed by atoms with Crippen LogP contribution >= 0.6 is 11.6 Å². The lowest BCUT2D eigenvalue weighted by molar-refractivity contribution is -0.124. The molecule has 1 aromatic carbocycles. The van der Waals surface area contributed by atoms with Gasteiger partial charge in [-0.2, -0.15) is 5.10 Å². The van der Waals surface area contributed by atoms with Crippen molar-refractivity contribution >= 4 is 17.5 Å². The van der Waals surface area contributed by atoms with Crippen molar-refractivity contribution in [3.63, 3.8) is 0 Å². The fraction of sp³-hybridized carbons (Fsp3) is 0.615. The Morgan fingerprint density at radius 3 is 2.41 bits per heavy atom. The van der Waals surface area contributed by atoms with E-state index in [1.165, 1.54) is 0 Å². The summed E-state index contributed by atoms with van der Waals surface area (Å²) >= 11 is 6.13. The van der Waals surface area contributed by atoms with Gasteiger partial charge in [0.05, 0.1) is 17.3 Å². The van der Waals surface area contributed by atoms with Crippen LogP contribution in [0.1, 0.15) is 89.9 Å². The zero-order chi connectivity index (χ0) is 23.1. The fourth-order valence-electron chi connectivity index (χ4n) is 5.02. The number of rotatable bonds is 4. The molecule has 2 aromatic rings. The van der Waals surface area contributed by atoms with Gasteiger partial charge in [0.15, 0.2) is 0 Å². The highest BCUT2D eigenvalue weighted by Gasteiger charge is 2.41. The van der Waals surface area contributed by atoms with Gasteiger partial charge in [0.25, 0.3) is 0 Å². The van der Waals surface area contributed by atoms with Crippen LogP contribution in [0.4, 0.5) is 0 Å². The highest BCUT2D eigenvalue weighted by atomic mass is 35.5. The lowest BCUT2D eigenvalue weighted by atomic mass is 9.75. The molecule has 3 atom stereocenters. The summed E-state index contributed by atoms with van der Waals surface area (Å²) in [6, 6.07) is 10.1. The number of benzene rings is 1. The van der Waals surface area contributed by atoms with Crippen molar-refractivity contribution in [2.24, 2.45) is 5.41 Å². The Morgan fingerprint density at radius 2 is 1.81 bits per heavy atom. The van der Waals surface area contributed by atoms with Crippen LogP contribution in [-0.4, -0.2) is 27.8 Å². The first-order valence-corrected chi connectivity index (χ1v) is 12.3. The molecule has 1 aromatic heterocycles. The van der Waals surface area contributed by atoms with Gasteiger partial charge >= 0.3 is 0 Å². The van der Waals surface area contributed by atoms with E-state index in [9.17, 15) is 4.79 Å². The van der Waals surface area contributed by atoms with Crippen LogP contribution in [0.2, 0.25) is 5.02 Å². The SMILES string of the molecule is CC1(C)CCC(NC(=O)[C@@H]2C[C@H](c3ccn(C(C)(C)C)n3)[C@H](c3ccc(Cl)cc3)N2)CC1. The monoisotopic (exact) mass is 456 g/mol. The summed E-state index contributed by atoms with van der Waals surface area (Å²) in [6.07, 6.45) is 7.23. The van der Waals surface area contributed by atoms with Crippen LogP contribution in [0.3, 0.4) is 0 Å². The van der Waals surface area contributed by atoms with Gasteiger partial charge in [-0.1, -0.05) is 37.6 Å². The van der Waals surface area contributed by atoms with Gasteiger partial charge in [0.2, 0.25) is 5.91 Å². The van der Waals surface area contributed by atoms with Gasteiger partial charge in [-0.25, -0.2) is 0 Å². The number of carbonyl (C=O) groups excluding carboxylic acids is 1. The molecule has 6 heteroatoms. The molecule has 0 radical (unpaired) electrons. The molecule has 1 aliphatic carbocycles. The van der Waals surface area contributed by atoms with Gasteiger partial charge in [0.1, 0.15) is 0 Å². The maximum Gasteiger partial charge on any atom is 0.237 e. The van der Waals surface area contributed by atoms with E-state index in [4.69, 9.17) is 16.7 Å². The minimum Gasteiger partial charge on any atom is -0.352 e. The molecule has 4 rings (SSSR count). The first-order chi connectivity index (χ1) is 15.0. The molecule has 1 amide bonds. The fourth-order valence-corrected chi connectivity index (χ4v) is 5.14. The van der Waals surface area contributed by atoms with E-state index < -0.39 is 0 Å². The molecule has 0 spiro atoms. The third-order valence-corrected chi connectivity index (χ3v) is 7.43. The quantitative estimate of drug-likeness (QED) is 0.632. The molecule has 32 heavy (non-hydrogen) atoms. The zero-order valence-electron chi connectivity index (χ0n) is 20.0. The molecule has 2 aliphatic rings. The average Bonchev–Trinajstić information content (AvgIpc) is 3.37. The standard InChI is InChI=1S/C26H37ClN4O/c1-25(2,3)31-15-12-21(30-31)20-16-22(29-23(20)17-6-8-18(27)9-7-17)24(32)28-19-10-13-26(4,5)14-11-19/h6-9,12,15,19-20,22-23,29H,10-11,13-14,16H2,1-5H3,(H,28,32)/t20-,22+,23+/m1/s1. The van der Waals surface area contributed by atoms with E-state index in [-0.39, 0.29) is 35.5 Å². The summed E-state index contributed by atoms with van der Waals surface area (Å²) in [6.45, 7) is 11.1. The third kappa shape index (κ3) is 5.20. The number of aromatic nitrogens is 2. The topological polar surface area (TPSA) is 59.0 Å². The molecule has 1 saturated carbocycles. The van der Waals surface area contributed by atoms with Crippen molar-refractivity contribution in [2.45, 2.75) is 96.3 Å². The summed E-state index contributed by atoms with van der Waals surface area (Å²) in [7, 11) is 0. The van der Waals surface area contributed by atoms with Crippen molar-refractivity contribution in [1.82, 2.24) is 20.4 Å². The maximum atomic E-state index is 13.2. The zero-order valence-corrected chi connectivity index (χ0v) is 20.7. The number of hydrogen-bond donors (Lipinski definition) is 2. The Bertz CT molecular complexity index is 933. The summed E-state index contributed by atoms with van der Waals surface area (Å²) in [5.41, 5.74) is 2.48. The first-order valence-electron chi connectivity index (χ1n) is 11.9. The normalized spacial score (nSPS) is 26.2. The predicted molar refractivity (Wildman–Crippen MR) is 130 cm³/mol. The van der Waals surface area contributed by atoms with Crippen molar-refractivity contribution in [3.8, 4) is 0 Å². The Balaban J connectivity index is 1.52. The van der Waals surface area contributed by atoms with Gasteiger partial charge in [-0.05, 0) is 82.1 Å². The number of carbonyl (C=O) groups is 1. The minimum atomic E-state index is -0.226. The second kappa shape index (κ2) is 8.83. The molecule has 2 fully saturated rings. The molecule has 0 unspecified atom stereocenters. The molecular formula is C26H37ClN4O. The molecule has 5 nitrogen and oxygen atoms in total. The minimum absolute atomic E-state index is 0.0247. The molecule has 2 N–H and O–H groups in total. The van der Waals surface area contributed by atoms with E-state index in [0.717, 1.165) is 48.4 Å². The van der Waals surface area contributed by atoms with Crippen LogP contribution in [0.25, 0.3) is 0 Å². The molecule has 1 aliphatic heterocycles. The second-order valence-corrected chi connectivity index (χ2v) is 11.8. The number of amides is 1. The van der Waals surface area contributed by atoms with Crippen molar-refractivity contribution in [3.05, 3.63) is 52.8 Å². The number of nitrogens with zero attached hydrogens (tertiary/aromatic N) is 2. The second-order valence-electron chi connectivity index (χ2n) is 11.4. The average molecular weight is 457 g/mol. The number of halogens is 1. The Hall–Kier alpha value is -1.85. The van der Waals surface area contributed by atoms with Crippen molar-refractivity contribution in [2.75, 3.05) is 0 Å². The first kappa shape index (κ1) is 23.3. The Morgan fingerprint density at radius 1 is 1.16 bits per heavy atom. The Kier molecular flexibility index (Phi) is 6.43. The van der Waals surface area contributed by atoms with Gasteiger partial charge in [0, 0.05) is 29.2 Å². The van der Waals surface area contributed by atoms with Crippen molar-refractivity contribution in [1.29, 1.82) is 0 Å². The highest BCUT2D eigenvalue weighted by molar-refractivity contribution is 6.30. The molecule has 1 saturated heterocycles. The van der Waals surface area contributed by atoms with E-state index in [1.54, 1.807) is 0 Å². The van der Waals surface area contributed by atoms with E-state index >= 15 is 0 Å². The maximum absolute atomic E-state index is 13.2. The van der Waals surface area contributed by atoms with Crippen LogP contribution in [-0.2, 0) is 10.3 Å². The molecule has 0 bridgehead atoms. The van der Waals surface area contributed by atoms with E-state index in [2.05, 4.69) is 63.5 Å². The third-order valence-electron chi connectivity index (χ3n) is 7.18. The Labute approximate surface area is 197 Å². The van der Waals surface area contributed by atoms with E-state index in [1.807, 2.05) is 23.0 Å². The summed E-state index contributed by atoms with van der Waals surface area (Å²) in [5, 5.41) is 12.6. The van der Waals surface area contributed by atoms with Gasteiger partial charge < -0.3 is 5.32 Å². The van der Waals surface area contributed by atoms with Gasteiger partial charge in [-0.3, -0.25) is 14.8 Å². The summed E-state index contributed by atoms with van der Waals surface area (Å²) in [5.74, 6) is 0.243. The predicted octanol–water partition coefficient (Wildman–Crippen LogP) is 5.56. The van der Waals surface area contributed by atoms with E-state index in [0.29, 0.717) is 5.41 Å². The lowest BCUT2D eigenvalue weighted by Gasteiger charge is -2.35. The lowest BCUT2D eigenvalue weighted by Crippen LogP contribution is -2.47. The number of hydrogen-bond acceptors (Lipinski definition) is 3. The molecule has 174 valence electrons. The number of nitrogens with one attached hydrogen (secondary N) is 2. The molecular weight excluding hydrogens is 420 g/mol. The molecule has 2 heterocycles. The van der Waals surface area contributed by atoms with Crippen LogP contribution in [0.5, 0.6) is 0 Å². The highest BCUT2D eigenvalue weighted by Crippen LogP contribution is 2.41. The van der Waals surface area contributed by atoms with Crippen LogP contribution in [0.15, 0.2) is 36.5 Å². The van der Waals surface area contributed by atoms with Crippen molar-refractivity contribution < 1.29 is 4.79 Å². The van der Waals surface area contributed by atoms with Crippen LogP contribution < -0.4 is 10.6 Å².